The number of aromatic carboxylic acids is 1. The largest absolute Gasteiger partial charge is 0.476 e. The molecule has 9 heteroatoms. The van der Waals surface area contributed by atoms with Crippen LogP contribution in [0.25, 0.3) is 0 Å². The quantitative estimate of drug-likeness (QED) is 0.677. The number of anilines is 1. The molecule has 2 N–H and O–H groups in total. The molecule has 0 fully saturated rings. The molecule has 140 valence electrons. The number of carbonyl (C=O) groups excluding carboxylic acids is 1. The Bertz CT molecular complexity index is 995. The maximum atomic E-state index is 12.4. The summed E-state index contributed by atoms with van der Waals surface area (Å²) in [5.41, 5.74) is 1.76. The molecule has 0 saturated heterocycles. The van der Waals surface area contributed by atoms with Gasteiger partial charge in [-0.1, -0.05) is 23.7 Å². The molecule has 2 heterocycles. The number of amides is 1. The van der Waals surface area contributed by atoms with Crippen molar-refractivity contribution in [2.45, 2.75) is 26.4 Å². The van der Waals surface area contributed by atoms with Crippen LogP contribution in [0, 0.1) is 6.92 Å². The third kappa shape index (κ3) is 4.35. The summed E-state index contributed by atoms with van der Waals surface area (Å²) in [6, 6.07) is 9.91. The topological polar surface area (TPSA) is 102 Å². The monoisotopic (exact) mass is 387 g/mol. The van der Waals surface area contributed by atoms with Gasteiger partial charge in [-0.05, 0) is 37.6 Å². The van der Waals surface area contributed by atoms with E-state index in [2.05, 4.69) is 15.5 Å². The molecule has 0 aliphatic heterocycles. The molecule has 0 bridgehead atoms. The van der Waals surface area contributed by atoms with Crippen LogP contribution in [0.4, 0.5) is 5.82 Å². The smallest absolute Gasteiger partial charge is 0.356 e. The van der Waals surface area contributed by atoms with E-state index < -0.39 is 12.0 Å². The molecule has 2 aromatic heterocycles. The zero-order valence-electron chi connectivity index (χ0n) is 14.8. The number of nitrogens with zero attached hydrogens (tertiary/aromatic N) is 4. The molecule has 0 saturated carbocycles. The Labute approximate surface area is 160 Å². The fraction of sp³-hybridized carbons (Fsp3) is 0.222. The van der Waals surface area contributed by atoms with Gasteiger partial charge in [0.2, 0.25) is 5.91 Å². The number of carboxylic acid groups (broad SMARTS) is 1. The summed E-state index contributed by atoms with van der Waals surface area (Å²) in [5, 5.41) is 20.6. The molecule has 1 amide bonds. The maximum Gasteiger partial charge on any atom is 0.356 e. The van der Waals surface area contributed by atoms with E-state index in [0.717, 1.165) is 11.3 Å². The highest BCUT2D eigenvalue weighted by atomic mass is 35.5. The first-order valence-corrected chi connectivity index (χ1v) is 8.59. The van der Waals surface area contributed by atoms with Crippen molar-refractivity contribution in [1.29, 1.82) is 0 Å². The second-order valence-corrected chi connectivity index (χ2v) is 6.55. The number of benzene rings is 1. The van der Waals surface area contributed by atoms with Gasteiger partial charge in [0, 0.05) is 23.0 Å². The normalized spacial score (nSPS) is 12.0. The Balaban J connectivity index is 1.70. The molecule has 3 aromatic rings. The highest BCUT2D eigenvalue weighted by Gasteiger charge is 2.19. The lowest BCUT2D eigenvalue weighted by atomic mass is 10.2. The number of aryl methyl sites for hydroxylation is 1. The van der Waals surface area contributed by atoms with E-state index in [0.29, 0.717) is 17.4 Å². The minimum absolute atomic E-state index is 0.115. The zero-order chi connectivity index (χ0) is 19.6. The highest BCUT2D eigenvalue weighted by molar-refractivity contribution is 6.30. The molecular weight excluding hydrogens is 370 g/mol. The van der Waals surface area contributed by atoms with Crippen molar-refractivity contribution in [2.24, 2.45) is 0 Å². The van der Waals surface area contributed by atoms with Crippen molar-refractivity contribution in [3.63, 3.8) is 0 Å². The first-order chi connectivity index (χ1) is 12.8. The fourth-order valence-electron chi connectivity index (χ4n) is 2.56. The Morgan fingerprint density at radius 2 is 2.04 bits per heavy atom. The summed E-state index contributed by atoms with van der Waals surface area (Å²) in [4.78, 5) is 23.3. The number of rotatable bonds is 6. The molecule has 1 atom stereocenters. The van der Waals surface area contributed by atoms with Gasteiger partial charge in [0.05, 0.1) is 6.54 Å². The fourth-order valence-corrected chi connectivity index (χ4v) is 2.77. The lowest BCUT2D eigenvalue weighted by Gasteiger charge is -2.11. The number of aromatic nitrogens is 4. The second kappa shape index (κ2) is 7.63. The molecule has 1 unspecified atom stereocenters. The van der Waals surface area contributed by atoms with E-state index in [1.54, 1.807) is 23.7 Å². The second-order valence-electron chi connectivity index (χ2n) is 6.11. The molecule has 27 heavy (non-hydrogen) atoms. The molecule has 8 nitrogen and oxygen atoms in total. The van der Waals surface area contributed by atoms with Crippen LogP contribution >= 0.6 is 11.6 Å². The standard InChI is InChI=1S/C18H18ClN5O3/c1-11-8-16(22-24(11)10-13-4-3-5-14(19)9-13)20-17(25)12(2)23-7-6-15(21-23)18(26)27/h3-9,12H,10H2,1-2H3,(H,26,27)(H,20,22,25). The van der Waals surface area contributed by atoms with Gasteiger partial charge in [0.1, 0.15) is 6.04 Å². The van der Waals surface area contributed by atoms with Crippen molar-refractivity contribution in [3.8, 4) is 0 Å². The van der Waals surface area contributed by atoms with Crippen LogP contribution in [-0.4, -0.2) is 36.5 Å². The van der Waals surface area contributed by atoms with Gasteiger partial charge < -0.3 is 10.4 Å². The van der Waals surface area contributed by atoms with Crippen LogP contribution in [0.15, 0.2) is 42.6 Å². The molecular formula is C18H18ClN5O3. The van der Waals surface area contributed by atoms with E-state index in [1.807, 2.05) is 25.1 Å². The third-order valence-electron chi connectivity index (χ3n) is 4.06. The maximum absolute atomic E-state index is 12.4. The van der Waals surface area contributed by atoms with Crippen molar-refractivity contribution in [1.82, 2.24) is 19.6 Å². The van der Waals surface area contributed by atoms with Crippen LogP contribution in [0.2, 0.25) is 5.02 Å². The summed E-state index contributed by atoms with van der Waals surface area (Å²) in [7, 11) is 0. The van der Waals surface area contributed by atoms with Crippen molar-refractivity contribution in [3.05, 3.63) is 64.6 Å². The predicted molar refractivity (Wildman–Crippen MR) is 100 cm³/mol. The number of halogens is 1. The molecule has 0 spiro atoms. The number of carbonyl (C=O) groups is 2. The van der Waals surface area contributed by atoms with Crippen LogP contribution in [-0.2, 0) is 11.3 Å². The first-order valence-electron chi connectivity index (χ1n) is 8.21. The Hall–Kier alpha value is -3.13. The number of hydrogen-bond acceptors (Lipinski definition) is 4. The summed E-state index contributed by atoms with van der Waals surface area (Å²) < 4.78 is 3.07. The molecule has 3 rings (SSSR count). The van der Waals surface area contributed by atoms with Crippen LogP contribution in [0.1, 0.15) is 34.7 Å². The highest BCUT2D eigenvalue weighted by Crippen LogP contribution is 2.16. The van der Waals surface area contributed by atoms with Gasteiger partial charge in [0.15, 0.2) is 11.5 Å². The summed E-state index contributed by atoms with van der Waals surface area (Å²) in [6.07, 6.45) is 1.46. The van der Waals surface area contributed by atoms with Crippen LogP contribution in [0.3, 0.4) is 0 Å². The predicted octanol–water partition coefficient (Wildman–Crippen LogP) is 2.99. The molecule has 0 aliphatic rings. The van der Waals surface area contributed by atoms with Crippen LogP contribution < -0.4 is 5.32 Å². The summed E-state index contributed by atoms with van der Waals surface area (Å²) in [5.74, 6) is -1.07. The van der Waals surface area contributed by atoms with Crippen molar-refractivity contribution in [2.75, 3.05) is 5.32 Å². The first kappa shape index (κ1) is 18.7. The van der Waals surface area contributed by atoms with Gasteiger partial charge in [0.25, 0.3) is 0 Å². The third-order valence-corrected chi connectivity index (χ3v) is 4.29. The van der Waals surface area contributed by atoms with Gasteiger partial charge in [-0.3, -0.25) is 14.2 Å². The molecule has 0 radical (unpaired) electrons. The van der Waals surface area contributed by atoms with E-state index in [9.17, 15) is 9.59 Å². The van der Waals surface area contributed by atoms with E-state index in [4.69, 9.17) is 16.7 Å². The number of nitrogens with one attached hydrogen (secondary N) is 1. The minimum atomic E-state index is -1.14. The summed E-state index contributed by atoms with van der Waals surface area (Å²) in [6.45, 7) is 4.05. The van der Waals surface area contributed by atoms with Crippen molar-refractivity contribution >= 4 is 29.3 Å². The molecule has 1 aromatic carbocycles. The zero-order valence-corrected chi connectivity index (χ0v) is 15.5. The number of hydrogen-bond donors (Lipinski definition) is 2. The van der Waals surface area contributed by atoms with E-state index in [-0.39, 0.29) is 11.6 Å². The Morgan fingerprint density at radius 3 is 2.70 bits per heavy atom. The lowest BCUT2D eigenvalue weighted by molar-refractivity contribution is -0.119. The Morgan fingerprint density at radius 1 is 1.26 bits per heavy atom. The Kier molecular flexibility index (Phi) is 5.27. The summed E-state index contributed by atoms with van der Waals surface area (Å²) >= 11 is 6.01. The lowest BCUT2D eigenvalue weighted by Crippen LogP contribution is -2.24. The van der Waals surface area contributed by atoms with Crippen LogP contribution in [0.5, 0.6) is 0 Å². The van der Waals surface area contributed by atoms with Gasteiger partial charge in [-0.15, -0.1) is 0 Å². The average molecular weight is 388 g/mol. The van der Waals surface area contributed by atoms with E-state index in [1.165, 1.54) is 16.9 Å². The van der Waals surface area contributed by atoms with Gasteiger partial charge in [-0.25, -0.2) is 4.79 Å². The molecule has 0 aliphatic carbocycles. The average Bonchev–Trinajstić information content (AvgIpc) is 3.22. The van der Waals surface area contributed by atoms with E-state index >= 15 is 0 Å². The SMILES string of the molecule is Cc1cc(NC(=O)C(C)n2ccc(C(=O)O)n2)nn1Cc1cccc(Cl)c1. The minimum Gasteiger partial charge on any atom is -0.476 e. The van der Waals surface area contributed by atoms with Gasteiger partial charge in [-0.2, -0.15) is 10.2 Å². The van der Waals surface area contributed by atoms with Crippen molar-refractivity contribution < 1.29 is 14.7 Å². The van der Waals surface area contributed by atoms with Gasteiger partial charge >= 0.3 is 5.97 Å². The number of carboxylic acids is 1.